The van der Waals surface area contributed by atoms with Gasteiger partial charge in [0.1, 0.15) is 0 Å². The summed E-state index contributed by atoms with van der Waals surface area (Å²) in [6.07, 6.45) is -2.59. The van der Waals surface area contributed by atoms with Crippen LogP contribution in [0, 0.1) is 6.92 Å². The lowest BCUT2D eigenvalue weighted by atomic mass is 10.1. The predicted octanol–water partition coefficient (Wildman–Crippen LogP) is 4.86. The van der Waals surface area contributed by atoms with Crippen LogP contribution in [0.4, 0.5) is 13.2 Å². The Bertz CT molecular complexity index is 509. The first-order chi connectivity index (χ1) is 8.45. The van der Waals surface area contributed by atoms with Crippen molar-refractivity contribution < 1.29 is 13.2 Å². The second kappa shape index (κ2) is 5.14. The van der Waals surface area contributed by atoms with Crippen LogP contribution in [0.15, 0.2) is 36.4 Å². The van der Waals surface area contributed by atoms with Crippen molar-refractivity contribution in [2.45, 2.75) is 25.9 Å². The maximum Gasteiger partial charge on any atom is 0.416 e. The van der Waals surface area contributed by atoms with Crippen molar-refractivity contribution in [1.29, 1.82) is 0 Å². The molecule has 0 fully saturated rings. The van der Waals surface area contributed by atoms with E-state index in [0.29, 0.717) is 0 Å². The number of benzene rings is 1. The van der Waals surface area contributed by atoms with Gasteiger partial charge in [-0.15, -0.1) is 11.3 Å². The highest BCUT2D eigenvalue weighted by atomic mass is 32.1. The van der Waals surface area contributed by atoms with Gasteiger partial charge in [-0.2, -0.15) is 13.2 Å². The minimum absolute atomic E-state index is 0.585. The molecule has 2 rings (SSSR count). The molecule has 1 aromatic heterocycles. The van der Waals surface area contributed by atoms with Gasteiger partial charge >= 0.3 is 6.18 Å². The van der Waals surface area contributed by atoms with Crippen LogP contribution in [0.3, 0.4) is 0 Å². The first kappa shape index (κ1) is 13.1. The minimum atomic E-state index is -4.25. The van der Waals surface area contributed by atoms with Gasteiger partial charge in [-0.25, -0.2) is 0 Å². The molecule has 96 valence electrons. The van der Waals surface area contributed by atoms with Crippen LogP contribution in [-0.2, 0) is 19.0 Å². The first-order valence-corrected chi connectivity index (χ1v) is 6.48. The van der Waals surface area contributed by atoms with E-state index in [0.717, 1.165) is 30.5 Å². The molecule has 0 radical (unpaired) electrons. The average Bonchev–Trinajstić information content (AvgIpc) is 2.72. The van der Waals surface area contributed by atoms with Crippen LogP contribution in [0.5, 0.6) is 0 Å². The Morgan fingerprint density at radius 2 is 1.61 bits per heavy atom. The number of alkyl halides is 3. The molecule has 1 aromatic carbocycles. The molecule has 0 amide bonds. The molecular formula is C14H13F3S. The van der Waals surface area contributed by atoms with Gasteiger partial charge in [-0.05, 0) is 49.6 Å². The van der Waals surface area contributed by atoms with E-state index in [1.165, 1.54) is 9.75 Å². The summed E-state index contributed by atoms with van der Waals surface area (Å²) in [5.74, 6) is 0. The number of halogens is 3. The third-order valence-electron chi connectivity index (χ3n) is 2.74. The lowest BCUT2D eigenvalue weighted by Gasteiger charge is -2.07. The number of thiophene rings is 1. The van der Waals surface area contributed by atoms with Crippen LogP contribution >= 0.6 is 11.3 Å². The number of hydrogen-bond acceptors (Lipinski definition) is 1. The summed E-state index contributed by atoms with van der Waals surface area (Å²) in [7, 11) is 0. The third-order valence-corrected chi connectivity index (χ3v) is 3.80. The predicted molar refractivity (Wildman–Crippen MR) is 67.9 cm³/mol. The van der Waals surface area contributed by atoms with E-state index in [4.69, 9.17) is 0 Å². The summed E-state index contributed by atoms with van der Waals surface area (Å²) in [4.78, 5) is 2.53. The Kier molecular flexibility index (Phi) is 3.76. The number of aryl methyl sites for hydroxylation is 3. The van der Waals surface area contributed by atoms with Crippen molar-refractivity contribution in [3.05, 3.63) is 57.3 Å². The summed E-state index contributed by atoms with van der Waals surface area (Å²) in [5.41, 5.74) is 0.354. The zero-order chi connectivity index (χ0) is 13.2. The van der Waals surface area contributed by atoms with Crippen molar-refractivity contribution in [1.82, 2.24) is 0 Å². The van der Waals surface area contributed by atoms with E-state index in [9.17, 15) is 13.2 Å². The van der Waals surface area contributed by atoms with Crippen LogP contribution in [0.1, 0.15) is 20.9 Å². The molecular weight excluding hydrogens is 257 g/mol. The molecule has 0 unspecified atom stereocenters. The van der Waals surface area contributed by atoms with Gasteiger partial charge in [0.2, 0.25) is 0 Å². The van der Waals surface area contributed by atoms with Crippen molar-refractivity contribution in [2.75, 3.05) is 0 Å². The van der Waals surface area contributed by atoms with Gasteiger partial charge in [0.15, 0.2) is 0 Å². The largest absolute Gasteiger partial charge is 0.416 e. The molecule has 0 nitrogen and oxygen atoms in total. The highest BCUT2D eigenvalue weighted by Crippen LogP contribution is 2.29. The summed E-state index contributed by atoms with van der Waals surface area (Å²) in [6.45, 7) is 2.05. The van der Waals surface area contributed by atoms with Crippen LogP contribution in [0.25, 0.3) is 0 Å². The van der Waals surface area contributed by atoms with Gasteiger partial charge in [0.05, 0.1) is 5.56 Å². The van der Waals surface area contributed by atoms with Gasteiger partial charge in [-0.1, -0.05) is 12.1 Å². The van der Waals surface area contributed by atoms with E-state index in [-0.39, 0.29) is 0 Å². The lowest BCUT2D eigenvalue weighted by molar-refractivity contribution is -0.137. The Morgan fingerprint density at radius 3 is 2.11 bits per heavy atom. The first-order valence-electron chi connectivity index (χ1n) is 5.66. The average molecular weight is 270 g/mol. The molecule has 18 heavy (non-hydrogen) atoms. The molecule has 0 aliphatic heterocycles. The fourth-order valence-electron chi connectivity index (χ4n) is 1.75. The summed E-state index contributed by atoms with van der Waals surface area (Å²) in [5, 5.41) is 0. The second-order valence-corrected chi connectivity index (χ2v) is 5.58. The van der Waals surface area contributed by atoms with E-state index < -0.39 is 11.7 Å². The highest BCUT2D eigenvalue weighted by molar-refractivity contribution is 7.11. The van der Waals surface area contributed by atoms with Gasteiger partial charge in [-0.3, -0.25) is 0 Å². The molecule has 0 spiro atoms. The zero-order valence-electron chi connectivity index (χ0n) is 9.92. The van der Waals surface area contributed by atoms with Crippen LogP contribution in [-0.4, -0.2) is 0 Å². The topological polar surface area (TPSA) is 0 Å². The van der Waals surface area contributed by atoms with Gasteiger partial charge in [0.25, 0.3) is 0 Å². The van der Waals surface area contributed by atoms with Crippen molar-refractivity contribution in [2.24, 2.45) is 0 Å². The number of rotatable bonds is 3. The SMILES string of the molecule is Cc1ccc(CCc2ccc(C(F)(F)F)cc2)s1. The Labute approximate surface area is 108 Å². The van der Waals surface area contributed by atoms with Crippen LogP contribution < -0.4 is 0 Å². The molecule has 0 N–H and O–H groups in total. The summed E-state index contributed by atoms with van der Waals surface area (Å²) < 4.78 is 37.1. The normalized spacial score (nSPS) is 11.8. The molecule has 0 saturated heterocycles. The molecule has 4 heteroatoms. The van der Waals surface area contributed by atoms with E-state index in [2.05, 4.69) is 12.1 Å². The lowest BCUT2D eigenvalue weighted by Crippen LogP contribution is -2.04. The monoisotopic (exact) mass is 270 g/mol. The maximum absolute atomic E-state index is 12.4. The summed E-state index contributed by atoms with van der Waals surface area (Å²) in [6, 6.07) is 9.55. The molecule has 1 heterocycles. The Balaban J connectivity index is 1.98. The molecule has 0 aliphatic rings. The minimum Gasteiger partial charge on any atom is -0.166 e. The fourth-order valence-corrected chi connectivity index (χ4v) is 2.64. The summed E-state index contributed by atoms with van der Waals surface area (Å²) >= 11 is 1.73. The van der Waals surface area contributed by atoms with Crippen molar-refractivity contribution in [3.8, 4) is 0 Å². The van der Waals surface area contributed by atoms with Crippen molar-refractivity contribution in [3.63, 3.8) is 0 Å². The van der Waals surface area contributed by atoms with E-state index in [1.54, 1.807) is 23.5 Å². The molecule has 0 bridgehead atoms. The molecule has 2 aromatic rings. The van der Waals surface area contributed by atoms with E-state index in [1.807, 2.05) is 6.92 Å². The fraction of sp³-hybridized carbons (Fsp3) is 0.286. The van der Waals surface area contributed by atoms with Crippen LogP contribution in [0.2, 0.25) is 0 Å². The molecule has 0 atom stereocenters. The maximum atomic E-state index is 12.4. The Morgan fingerprint density at radius 1 is 0.944 bits per heavy atom. The van der Waals surface area contributed by atoms with Gasteiger partial charge < -0.3 is 0 Å². The molecule has 0 saturated carbocycles. The highest BCUT2D eigenvalue weighted by Gasteiger charge is 2.29. The van der Waals surface area contributed by atoms with Gasteiger partial charge in [0, 0.05) is 9.75 Å². The van der Waals surface area contributed by atoms with Crippen molar-refractivity contribution >= 4 is 11.3 Å². The molecule has 0 aliphatic carbocycles. The Hall–Kier alpha value is -1.29. The van der Waals surface area contributed by atoms with E-state index >= 15 is 0 Å². The smallest absolute Gasteiger partial charge is 0.166 e. The zero-order valence-corrected chi connectivity index (χ0v) is 10.7. The standard InChI is InChI=1S/C14H13F3S/c1-10-2-8-13(18-10)9-5-11-3-6-12(7-4-11)14(15,16)17/h2-4,6-8H,5,9H2,1H3. The quantitative estimate of drug-likeness (QED) is 0.747. The second-order valence-electron chi connectivity index (χ2n) is 4.21. The number of hydrogen-bond donors (Lipinski definition) is 0. The third kappa shape index (κ3) is 3.35.